The van der Waals surface area contributed by atoms with Crippen molar-refractivity contribution >= 4 is 43.2 Å². The van der Waals surface area contributed by atoms with Gasteiger partial charge in [-0.05, 0) is 60.2 Å². The molecule has 0 spiro atoms. The molecule has 0 saturated carbocycles. The third kappa shape index (κ3) is 6.24. The number of carbonyl (C=O) groups is 1. The van der Waals surface area contributed by atoms with E-state index in [1.807, 2.05) is 0 Å². The molecule has 3 rings (SSSR count). The minimum atomic E-state index is -3.88. The van der Waals surface area contributed by atoms with Gasteiger partial charge in [-0.15, -0.1) is 0 Å². The van der Waals surface area contributed by atoms with Crippen LogP contribution in [0.1, 0.15) is 5.56 Å². The lowest BCUT2D eigenvalue weighted by Gasteiger charge is -2.09. The fourth-order valence-corrected chi connectivity index (χ4v) is 4.49. The zero-order valence-corrected chi connectivity index (χ0v) is 18.0. The standard InChI is InChI=1S/C21H19N3O5S2/c1-30(26,27)24-18-5-2-6-20(14-18)31(28,29)19-10-8-17(9-11-19)23-21(25)12-7-16-4-3-13-22-15-16/h2-15,24H,1H3,(H,23,25). The van der Waals surface area contributed by atoms with E-state index in [4.69, 9.17) is 0 Å². The van der Waals surface area contributed by atoms with Gasteiger partial charge in [0.2, 0.25) is 25.8 Å². The number of carbonyl (C=O) groups excluding carboxylic acids is 1. The number of sulfonamides is 1. The van der Waals surface area contributed by atoms with Crippen LogP contribution in [0.2, 0.25) is 0 Å². The van der Waals surface area contributed by atoms with Crippen LogP contribution in [-0.4, -0.2) is 34.0 Å². The molecule has 31 heavy (non-hydrogen) atoms. The van der Waals surface area contributed by atoms with Crippen LogP contribution in [-0.2, 0) is 24.7 Å². The summed E-state index contributed by atoms with van der Waals surface area (Å²) in [6, 6.07) is 14.8. The van der Waals surface area contributed by atoms with E-state index >= 15 is 0 Å². The molecule has 160 valence electrons. The Morgan fingerprint density at radius 1 is 0.903 bits per heavy atom. The number of aromatic nitrogens is 1. The van der Waals surface area contributed by atoms with Gasteiger partial charge in [-0.3, -0.25) is 14.5 Å². The van der Waals surface area contributed by atoms with Gasteiger partial charge >= 0.3 is 0 Å². The topological polar surface area (TPSA) is 122 Å². The Balaban J connectivity index is 1.74. The summed E-state index contributed by atoms with van der Waals surface area (Å²) in [5, 5.41) is 2.65. The van der Waals surface area contributed by atoms with Crippen molar-refractivity contribution in [3.63, 3.8) is 0 Å². The monoisotopic (exact) mass is 457 g/mol. The second-order valence-corrected chi connectivity index (χ2v) is 10.2. The second kappa shape index (κ2) is 9.11. The quantitative estimate of drug-likeness (QED) is 0.526. The molecular formula is C21H19N3O5S2. The zero-order valence-electron chi connectivity index (χ0n) is 16.4. The van der Waals surface area contributed by atoms with Gasteiger partial charge in [0.1, 0.15) is 0 Å². The van der Waals surface area contributed by atoms with Crippen molar-refractivity contribution in [3.05, 3.63) is 84.7 Å². The van der Waals surface area contributed by atoms with Crippen LogP contribution >= 0.6 is 0 Å². The molecular weight excluding hydrogens is 438 g/mol. The third-order valence-electron chi connectivity index (χ3n) is 3.99. The predicted molar refractivity (Wildman–Crippen MR) is 119 cm³/mol. The Bertz CT molecular complexity index is 1320. The maximum absolute atomic E-state index is 12.9. The molecule has 0 aliphatic rings. The first-order chi connectivity index (χ1) is 14.6. The van der Waals surface area contributed by atoms with Gasteiger partial charge in [-0.1, -0.05) is 12.1 Å². The van der Waals surface area contributed by atoms with E-state index in [-0.39, 0.29) is 21.4 Å². The largest absolute Gasteiger partial charge is 0.323 e. The number of rotatable bonds is 7. The summed E-state index contributed by atoms with van der Waals surface area (Å²) >= 11 is 0. The molecule has 0 atom stereocenters. The lowest BCUT2D eigenvalue weighted by molar-refractivity contribution is -0.111. The average Bonchev–Trinajstić information content (AvgIpc) is 2.72. The summed E-state index contributed by atoms with van der Waals surface area (Å²) in [7, 11) is -7.41. The minimum absolute atomic E-state index is 0.00732. The molecule has 0 radical (unpaired) electrons. The number of amides is 1. The van der Waals surface area contributed by atoms with E-state index in [9.17, 15) is 21.6 Å². The number of anilines is 2. The van der Waals surface area contributed by atoms with Crippen molar-refractivity contribution in [2.45, 2.75) is 9.79 Å². The van der Waals surface area contributed by atoms with E-state index in [0.717, 1.165) is 11.8 Å². The van der Waals surface area contributed by atoms with Crippen LogP contribution in [0.3, 0.4) is 0 Å². The highest BCUT2D eigenvalue weighted by Gasteiger charge is 2.18. The highest BCUT2D eigenvalue weighted by atomic mass is 32.2. The zero-order chi connectivity index (χ0) is 22.5. The minimum Gasteiger partial charge on any atom is -0.323 e. The first-order valence-electron chi connectivity index (χ1n) is 8.96. The van der Waals surface area contributed by atoms with Crippen LogP contribution < -0.4 is 10.0 Å². The lowest BCUT2D eigenvalue weighted by Crippen LogP contribution is -2.10. The molecule has 10 heteroatoms. The summed E-state index contributed by atoms with van der Waals surface area (Å²) in [5.74, 6) is -0.376. The lowest BCUT2D eigenvalue weighted by atomic mass is 10.2. The molecule has 1 heterocycles. The van der Waals surface area contributed by atoms with Gasteiger partial charge in [0.25, 0.3) is 0 Å². The van der Waals surface area contributed by atoms with Crippen LogP contribution in [0.5, 0.6) is 0 Å². The summed E-state index contributed by atoms with van der Waals surface area (Å²) in [6.07, 6.45) is 7.18. The van der Waals surface area contributed by atoms with Crippen molar-refractivity contribution in [3.8, 4) is 0 Å². The highest BCUT2D eigenvalue weighted by molar-refractivity contribution is 7.92. The molecule has 1 amide bonds. The van der Waals surface area contributed by atoms with Gasteiger partial charge in [0, 0.05) is 29.8 Å². The first-order valence-corrected chi connectivity index (χ1v) is 12.3. The predicted octanol–water partition coefficient (Wildman–Crippen LogP) is 2.94. The van der Waals surface area contributed by atoms with Crippen molar-refractivity contribution in [1.29, 1.82) is 0 Å². The van der Waals surface area contributed by atoms with Gasteiger partial charge in [-0.2, -0.15) is 0 Å². The maximum Gasteiger partial charge on any atom is 0.248 e. The number of hydrogen-bond acceptors (Lipinski definition) is 6. The van der Waals surface area contributed by atoms with E-state index in [1.165, 1.54) is 54.6 Å². The molecule has 3 aromatic rings. The number of benzene rings is 2. The smallest absolute Gasteiger partial charge is 0.248 e. The van der Waals surface area contributed by atoms with Gasteiger partial charge < -0.3 is 5.32 Å². The molecule has 0 unspecified atom stereocenters. The number of pyridine rings is 1. The number of hydrogen-bond donors (Lipinski definition) is 2. The molecule has 0 fully saturated rings. The fourth-order valence-electron chi connectivity index (χ4n) is 2.62. The van der Waals surface area contributed by atoms with Gasteiger partial charge in [0.15, 0.2) is 0 Å². The SMILES string of the molecule is CS(=O)(=O)Nc1cccc(S(=O)(=O)c2ccc(NC(=O)C=Cc3cccnc3)cc2)c1. The average molecular weight is 458 g/mol. The van der Waals surface area contributed by atoms with Crippen molar-refractivity contribution in [1.82, 2.24) is 4.98 Å². The number of nitrogens with one attached hydrogen (secondary N) is 2. The summed E-state index contributed by atoms with van der Waals surface area (Å²) < 4.78 is 50.7. The second-order valence-electron chi connectivity index (χ2n) is 6.54. The molecule has 2 aromatic carbocycles. The molecule has 0 aliphatic heterocycles. The number of sulfone groups is 1. The Labute approximate surface area is 180 Å². The van der Waals surface area contributed by atoms with Crippen LogP contribution in [0.25, 0.3) is 6.08 Å². The molecule has 0 bridgehead atoms. The van der Waals surface area contributed by atoms with Crippen LogP contribution in [0.15, 0.2) is 88.9 Å². The Kier molecular flexibility index (Phi) is 6.52. The van der Waals surface area contributed by atoms with E-state index in [1.54, 1.807) is 30.6 Å². The fraction of sp³-hybridized carbons (Fsp3) is 0.0476. The van der Waals surface area contributed by atoms with Gasteiger partial charge in [0.05, 0.1) is 16.0 Å². The Hall–Kier alpha value is -3.50. The molecule has 0 saturated heterocycles. The van der Waals surface area contributed by atoms with Crippen molar-refractivity contribution in [2.24, 2.45) is 0 Å². The first kappa shape index (κ1) is 22.2. The molecule has 0 aliphatic carbocycles. The number of nitrogens with zero attached hydrogens (tertiary/aromatic N) is 1. The highest BCUT2D eigenvalue weighted by Crippen LogP contribution is 2.25. The van der Waals surface area contributed by atoms with E-state index < -0.39 is 19.9 Å². The van der Waals surface area contributed by atoms with E-state index in [2.05, 4.69) is 15.0 Å². The Morgan fingerprint density at radius 2 is 1.65 bits per heavy atom. The molecule has 1 aromatic heterocycles. The van der Waals surface area contributed by atoms with Gasteiger partial charge in [-0.25, -0.2) is 16.8 Å². The van der Waals surface area contributed by atoms with Crippen LogP contribution in [0.4, 0.5) is 11.4 Å². The van der Waals surface area contributed by atoms with Crippen molar-refractivity contribution < 1.29 is 21.6 Å². The third-order valence-corrected chi connectivity index (χ3v) is 6.37. The molecule has 8 nitrogen and oxygen atoms in total. The van der Waals surface area contributed by atoms with Crippen LogP contribution in [0, 0.1) is 0 Å². The summed E-state index contributed by atoms with van der Waals surface area (Å²) in [5.41, 5.74) is 1.34. The summed E-state index contributed by atoms with van der Waals surface area (Å²) in [4.78, 5) is 16.0. The Morgan fingerprint density at radius 3 is 2.29 bits per heavy atom. The van der Waals surface area contributed by atoms with Crippen molar-refractivity contribution in [2.75, 3.05) is 16.3 Å². The summed E-state index contributed by atoms with van der Waals surface area (Å²) in [6.45, 7) is 0. The maximum atomic E-state index is 12.9. The molecule has 2 N–H and O–H groups in total. The normalized spacial score (nSPS) is 11.9. The van der Waals surface area contributed by atoms with E-state index in [0.29, 0.717) is 5.69 Å².